The van der Waals surface area contributed by atoms with E-state index < -0.39 is 5.60 Å². The Hall–Kier alpha value is -0.860. The zero-order chi connectivity index (χ0) is 13.9. The molecule has 2 rings (SSSR count). The van der Waals surface area contributed by atoms with Gasteiger partial charge in [0.15, 0.2) is 0 Å². The van der Waals surface area contributed by atoms with Crippen LogP contribution in [0.3, 0.4) is 0 Å². The van der Waals surface area contributed by atoms with Gasteiger partial charge in [0.05, 0.1) is 5.60 Å². The van der Waals surface area contributed by atoms with Crippen LogP contribution in [-0.4, -0.2) is 18.8 Å². The van der Waals surface area contributed by atoms with E-state index in [1.165, 1.54) is 30.4 Å². The molecule has 0 saturated carbocycles. The van der Waals surface area contributed by atoms with E-state index in [1.807, 2.05) is 6.92 Å². The van der Waals surface area contributed by atoms with E-state index in [4.69, 9.17) is 4.74 Å². The first-order valence-corrected chi connectivity index (χ1v) is 7.39. The summed E-state index contributed by atoms with van der Waals surface area (Å²) in [4.78, 5) is 0. The van der Waals surface area contributed by atoms with E-state index in [0.29, 0.717) is 6.61 Å². The van der Waals surface area contributed by atoms with Crippen LogP contribution in [0.1, 0.15) is 49.8 Å². The molecule has 0 fully saturated rings. The number of fused-ring (bicyclic) bond motifs is 1. The molecule has 106 valence electrons. The van der Waals surface area contributed by atoms with Crippen LogP contribution in [0, 0.1) is 5.92 Å². The van der Waals surface area contributed by atoms with Gasteiger partial charge in [-0.2, -0.15) is 0 Å². The van der Waals surface area contributed by atoms with Gasteiger partial charge in [0.2, 0.25) is 0 Å². The molecule has 0 aliphatic heterocycles. The zero-order valence-electron chi connectivity index (χ0n) is 12.4. The summed E-state index contributed by atoms with van der Waals surface area (Å²) in [6.45, 7) is 4.72. The van der Waals surface area contributed by atoms with Crippen molar-refractivity contribution in [1.82, 2.24) is 0 Å². The van der Waals surface area contributed by atoms with E-state index >= 15 is 0 Å². The second-order valence-electron chi connectivity index (χ2n) is 6.02. The predicted molar refractivity (Wildman–Crippen MR) is 78.3 cm³/mol. The third-order valence-electron chi connectivity index (χ3n) is 4.65. The molecular formula is C17H26O2. The van der Waals surface area contributed by atoms with Gasteiger partial charge in [0.1, 0.15) is 0 Å². The van der Waals surface area contributed by atoms with Crippen LogP contribution in [0.25, 0.3) is 0 Å². The molecule has 1 aliphatic carbocycles. The van der Waals surface area contributed by atoms with Crippen LogP contribution < -0.4 is 0 Å². The molecule has 19 heavy (non-hydrogen) atoms. The van der Waals surface area contributed by atoms with Gasteiger partial charge < -0.3 is 9.84 Å². The van der Waals surface area contributed by atoms with Crippen molar-refractivity contribution < 1.29 is 9.84 Å². The number of methoxy groups -OCH3 is 1. The van der Waals surface area contributed by atoms with Gasteiger partial charge in [0.25, 0.3) is 0 Å². The molecule has 0 saturated heterocycles. The molecule has 0 radical (unpaired) electrons. The maximum Gasteiger partial charge on any atom is 0.0894 e. The normalized spacial score (nSPS) is 19.6. The minimum absolute atomic E-state index is 0.189. The average Bonchev–Trinajstić information content (AvgIpc) is 2.44. The number of hydrogen-bond acceptors (Lipinski definition) is 2. The summed E-state index contributed by atoms with van der Waals surface area (Å²) in [5, 5.41) is 10.8. The Morgan fingerprint density at radius 1 is 1.26 bits per heavy atom. The molecule has 0 spiro atoms. The Labute approximate surface area is 116 Å². The molecule has 0 bridgehead atoms. The SMILES string of the molecule is COCCC(C)C(C)(O)c1ccc2c(c1)CCCC2. The monoisotopic (exact) mass is 262 g/mol. The fraction of sp³-hybridized carbons (Fsp3) is 0.647. The van der Waals surface area contributed by atoms with Crippen molar-refractivity contribution in [1.29, 1.82) is 0 Å². The van der Waals surface area contributed by atoms with Gasteiger partial charge in [-0.15, -0.1) is 0 Å². The summed E-state index contributed by atoms with van der Waals surface area (Å²) in [7, 11) is 1.71. The topological polar surface area (TPSA) is 29.5 Å². The molecule has 1 aromatic carbocycles. The summed E-state index contributed by atoms with van der Waals surface area (Å²) in [6.07, 6.45) is 5.80. The van der Waals surface area contributed by atoms with Crippen molar-refractivity contribution in [2.45, 2.75) is 51.6 Å². The fourth-order valence-electron chi connectivity index (χ4n) is 2.91. The Morgan fingerprint density at radius 3 is 2.63 bits per heavy atom. The van der Waals surface area contributed by atoms with E-state index in [1.54, 1.807) is 7.11 Å². The lowest BCUT2D eigenvalue weighted by atomic mass is 9.79. The van der Waals surface area contributed by atoms with Gasteiger partial charge in [-0.05, 0) is 61.6 Å². The van der Waals surface area contributed by atoms with E-state index in [0.717, 1.165) is 18.4 Å². The van der Waals surface area contributed by atoms with Crippen LogP contribution in [0.5, 0.6) is 0 Å². The van der Waals surface area contributed by atoms with Crippen LogP contribution in [-0.2, 0) is 23.2 Å². The first-order valence-electron chi connectivity index (χ1n) is 7.39. The number of rotatable bonds is 5. The largest absolute Gasteiger partial charge is 0.385 e. The van der Waals surface area contributed by atoms with E-state index in [2.05, 4.69) is 25.1 Å². The summed E-state index contributed by atoms with van der Waals surface area (Å²) in [5.74, 6) is 0.189. The molecule has 1 aromatic rings. The second kappa shape index (κ2) is 6.06. The lowest BCUT2D eigenvalue weighted by Gasteiger charge is -2.32. The predicted octanol–water partition coefficient (Wildman–Crippen LogP) is 3.45. The third-order valence-corrected chi connectivity index (χ3v) is 4.65. The molecule has 2 atom stereocenters. The van der Waals surface area contributed by atoms with Gasteiger partial charge in [-0.3, -0.25) is 0 Å². The number of hydrogen-bond donors (Lipinski definition) is 1. The highest BCUT2D eigenvalue weighted by atomic mass is 16.5. The molecule has 2 heteroatoms. The minimum Gasteiger partial charge on any atom is -0.385 e. The highest BCUT2D eigenvalue weighted by Gasteiger charge is 2.30. The van der Waals surface area contributed by atoms with Crippen LogP contribution in [0.15, 0.2) is 18.2 Å². The van der Waals surface area contributed by atoms with E-state index in [9.17, 15) is 5.11 Å². The molecule has 0 aromatic heterocycles. The Bertz CT molecular complexity index is 423. The molecule has 2 nitrogen and oxygen atoms in total. The van der Waals surface area contributed by atoms with Gasteiger partial charge in [-0.1, -0.05) is 25.1 Å². The fourth-order valence-corrected chi connectivity index (χ4v) is 2.91. The number of aliphatic hydroxyl groups is 1. The number of ether oxygens (including phenoxy) is 1. The standard InChI is InChI=1S/C17H26O2/c1-13(10-11-19-3)17(2,18)16-9-8-14-6-4-5-7-15(14)12-16/h8-9,12-13,18H,4-7,10-11H2,1-3H3. The molecular weight excluding hydrogens is 236 g/mol. The van der Waals surface area contributed by atoms with Crippen LogP contribution >= 0.6 is 0 Å². The van der Waals surface area contributed by atoms with Gasteiger partial charge in [-0.25, -0.2) is 0 Å². The molecule has 2 unspecified atom stereocenters. The smallest absolute Gasteiger partial charge is 0.0894 e. The molecule has 1 aliphatic rings. The van der Waals surface area contributed by atoms with Gasteiger partial charge >= 0.3 is 0 Å². The van der Waals surface area contributed by atoms with E-state index in [-0.39, 0.29) is 5.92 Å². The van der Waals surface area contributed by atoms with Crippen molar-refractivity contribution in [3.63, 3.8) is 0 Å². The first-order chi connectivity index (χ1) is 9.05. The quantitative estimate of drug-likeness (QED) is 0.880. The van der Waals surface area contributed by atoms with Gasteiger partial charge in [0, 0.05) is 13.7 Å². The number of benzene rings is 1. The maximum absolute atomic E-state index is 10.8. The Morgan fingerprint density at radius 2 is 1.95 bits per heavy atom. The van der Waals surface area contributed by atoms with Crippen LogP contribution in [0.4, 0.5) is 0 Å². The number of aryl methyl sites for hydroxylation is 2. The summed E-state index contributed by atoms with van der Waals surface area (Å²) < 4.78 is 5.12. The Kier molecular flexibility index (Phi) is 4.64. The maximum atomic E-state index is 10.8. The molecule has 1 N–H and O–H groups in total. The highest BCUT2D eigenvalue weighted by Crippen LogP contribution is 2.34. The summed E-state index contributed by atoms with van der Waals surface area (Å²) >= 11 is 0. The summed E-state index contributed by atoms with van der Waals surface area (Å²) in [6, 6.07) is 6.53. The second-order valence-corrected chi connectivity index (χ2v) is 6.02. The molecule has 0 amide bonds. The van der Waals surface area contributed by atoms with Crippen molar-refractivity contribution in [3.8, 4) is 0 Å². The lowest BCUT2D eigenvalue weighted by Crippen LogP contribution is -2.31. The zero-order valence-corrected chi connectivity index (χ0v) is 12.4. The average molecular weight is 262 g/mol. The van der Waals surface area contributed by atoms with Crippen molar-refractivity contribution in [2.24, 2.45) is 5.92 Å². The summed E-state index contributed by atoms with van der Waals surface area (Å²) in [5.41, 5.74) is 3.18. The van der Waals surface area contributed by atoms with Crippen LogP contribution in [0.2, 0.25) is 0 Å². The van der Waals surface area contributed by atoms with Crippen molar-refractivity contribution in [3.05, 3.63) is 34.9 Å². The minimum atomic E-state index is -0.773. The molecule has 0 heterocycles. The first kappa shape index (κ1) is 14.5. The van der Waals surface area contributed by atoms with Crippen molar-refractivity contribution in [2.75, 3.05) is 13.7 Å². The lowest BCUT2D eigenvalue weighted by molar-refractivity contribution is -0.0107. The Balaban J connectivity index is 2.19. The third kappa shape index (κ3) is 3.18. The highest BCUT2D eigenvalue weighted by molar-refractivity contribution is 5.36. The van der Waals surface area contributed by atoms with Crippen molar-refractivity contribution >= 4 is 0 Å².